The predicted octanol–water partition coefficient (Wildman–Crippen LogP) is 3.36. The lowest BCUT2D eigenvalue weighted by Gasteiger charge is -2.33. The molecule has 0 radical (unpaired) electrons. The smallest absolute Gasteiger partial charge is 0.244 e. The Bertz CT molecular complexity index is 1070. The maximum Gasteiger partial charge on any atom is 0.244 e. The van der Waals surface area contributed by atoms with Crippen LogP contribution in [0.25, 0.3) is 0 Å². The van der Waals surface area contributed by atoms with Crippen molar-refractivity contribution in [3.63, 3.8) is 0 Å². The number of nitrogens with one attached hydrogen (secondary N) is 1. The van der Waals surface area contributed by atoms with Gasteiger partial charge in [-0.2, -0.15) is 0 Å². The molecule has 9 heteroatoms. The molecule has 0 aliphatic carbocycles. The minimum Gasteiger partial charge on any atom is -0.497 e. The molecular formula is C26H37N3O5S. The Morgan fingerprint density at radius 2 is 1.57 bits per heavy atom. The van der Waals surface area contributed by atoms with Crippen molar-refractivity contribution in [3.05, 3.63) is 59.7 Å². The maximum absolute atomic E-state index is 13.6. The van der Waals surface area contributed by atoms with Gasteiger partial charge in [0.15, 0.2) is 0 Å². The minimum absolute atomic E-state index is 0.160. The van der Waals surface area contributed by atoms with Gasteiger partial charge in [-0.15, -0.1) is 0 Å². The fourth-order valence-electron chi connectivity index (χ4n) is 3.72. The number of methoxy groups -OCH3 is 1. The van der Waals surface area contributed by atoms with Crippen molar-refractivity contribution in [3.8, 4) is 5.75 Å². The van der Waals surface area contributed by atoms with Crippen molar-refractivity contribution >= 4 is 27.5 Å². The van der Waals surface area contributed by atoms with Gasteiger partial charge in [-0.3, -0.25) is 13.9 Å². The van der Waals surface area contributed by atoms with Crippen molar-refractivity contribution in [2.45, 2.75) is 52.6 Å². The summed E-state index contributed by atoms with van der Waals surface area (Å²) in [5.41, 5.74) is 2.28. The molecule has 0 bridgehead atoms. The predicted molar refractivity (Wildman–Crippen MR) is 139 cm³/mol. The van der Waals surface area contributed by atoms with Crippen LogP contribution < -0.4 is 14.4 Å². The zero-order chi connectivity index (χ0) is 26.0. The van der Waals surface area contributed by atoms with Crippen LogP contribution in [0.3, 0.4) is 0 Å². The van der Waals surface area contributed by atoms with Gasteiger partial charge in [-0.05, 0) is 54.7 Å². The molecule has 0 saturated heterocycles. The van der Waals surface area contributed by atoms with Crippen LogP contribution in [0, 0.1) is 0 Å². The number of ether oxygens (including phenoxy) is 1. The van der Waals surface area contributed by atoms with E-state index in [1.165, 1.54) is 4.90 Å². The van der Waals surface area contributed by atoms with E-state index in [1.807, 2.05) is 45.0 Å². The summed E-state index contributed by atoms with van der Waals surface area (Å²) in [7, 11) is -2.17. The molecule has 0 fully saturated rings. The second kappa shape index (κ2) is 13.1. The number of hydrogen-bond acceptors (Lipinski definition) is 5. The monoisotopic (exact) mass is 503 g/mol. The van der Waals surface area contributed by atoms with Gasteiger partial charge in [0.2, 0.25) is 21.8 Å². The Balaban J connectivity index is 2.40. The number of sulfonamides is 1. The van der Waals surface area contributed by atoms with Gasteiger partial charge in [0.05, 0.1) is 19.1 Å². The number of benzene rings is 2. The highest BCUT2D eigenvalue weighted by Gasteiger charge is 2.31. The quantitative estimate of drug-likeness (QED) is 0.452. The zero-order valence-electron chi connectivity index (χ0n) is 21.3. The molecule has 2 aromatic carbocycles. The largest absolute Gasteiger partial charge is 0.497 e. The maximum atomic E-state index is 13.6. The summed E-state index contributed by atoms with van der Waals surface area (Å²) in [6.07, 6.45) is 3.05. The van der Waals surface area contributed by atoms with Crippen LogP contribution in [0.5, 0.6) is 5.75 Å². The minimum atomic E-state index is -3.75. The number of hydrogen-bond donors (Lipinski definition) is 1. The Labute approximate surface area is 209 Å². The lowest BCUT2D eigenvalue weighted by molar-refractivity contribution is -0.140. The van der Waals surface area contributed by atoms with Crippen molar-refractivity contribution in [2.24, 2.45) is 0 Å². The number of aryl methyl sites for hydroxylation is 1. The summed E-state index contributed by atoms with van der Waals surface area (Å²) < 4.78 is 31.6. The first kappa shape index (κ1) is 28.2. The highest BCUT2D eigenvalue weighted by atomic mass is 32.2. The number of carbonyl (C=O) groups is 2. The SMILES string of the molecule is CCCNC(=O)C(CC)N(Cc1ccc(OC)cc1)C(=O)CN(c1ccc(CC)cc1)S(C)(=O)=O. The molecule has 0 saturated carbocycles. The van der Waals surface area contributed by atoms with Crippen molar-refractivity contribution < 1.29 is 22.7 Å². The number of nitrogens with zero attached hydrogens (tertiary/aromatic N) is 2. The zero-order valence-corrected chi connectivity index (χ0v) is 22.1. The van der Waals surface area contributed by atoms with Crippen LogP contribution in [0.2, 0.25) is 0 Å². The first-order valence-electron chi connectivity index (χ1n) is 11.9. The van der Waals surface area contributed by atoms with E-state index in [0.717, 1.165) is 34.5 Å². The van der Waals surface area contributed by atoms with Crippen LogP contribution in [0.15, 0.2) is 48.5 Å². The number of anilines is 1. The van der Waals surface area contributed by atoms with E-state index in [4.69, 9.17) is 4.74 Å². The van der Waals surface area contributed by atoms with Gasteiger partial charge in [-0.1, -0.05) is 45.0 Å². The molecule has 2 amide bonds. The van der Waals surface area contributed by atoms with E-state index in [1.54, 1.807) is 31.4 Å². The molecule has 192 valence electrons. The van der Waals surface area contributed by atoms with Gasteiger partial charge in [0.25, 0.3) is 0 Å². The average Bonchev–Trinajstić information content (AvgIpc) is 2.85. The van der Waals surface area contributed by atoms with E-state index in [-0.39, 0.29) is 12.5 Å². The Hall–Kier alpha value is -3.07. The molecule has 0 heterocycles. The molecule has 1 atom stereocenters. The standard InChI is InChI=1S/C26H37N3O5S/c1-6-17-27-26(31)24(8-3)28(18-21-11-15-23(34-4)16-12-21)25(30)19-29(35(5,32)33)22-13-9-20(7-2)10-14-22/h9-16,24H,6-8,17-19H2,1-5H3,(H,27,31). The topological polar surface area (TPSA) is 96.0 Å². The van der Waals surface area contributed by atoms with Crippen LogP contribution in [-0.2, 0) is 32.6 Å². The second-order valence-electron chi connectivity index (χ2n) is 8.37. The Morgan fingerprint density at radius 1 is 0.971 bits per heavy atom. The molecule has 1 N–H and O–H groups in total. The molecule has 0 spiro atoms. The average molecular weight is 504 g/mol. The molecule has 0 aliphatic rings. The third kappa shape index (κ3) is 7.99. The number of carbonyl (C=O) groups excluding carboxylic acids is 2. The summed E-state index contributed by atoms with van der Waals surface area (Å²) in [6, 6.07) is 13.6. The van der Waals surface area contributed by atoms with Crippen LogP contribution >= 0.6 is 0 Å². The summed E-state index contributed by atoms with van der Waals surface area (Å²) in [6.45, 7) is 6.06. The van der Waals surface area contributed by atoms with Crippen LogP contribution in [0.4, 0.5) is 5.69 Å². The van der Waals surface area contributed by atoms with E-state index in [9.17, 15) is 18.0 Å². The third-order valence-corrected chi connectivity index (χ3v) is 6.90. The van der Waals surface area contributed by atoms with Gasteiger partial charge >= 0.3 is 0 Å². The molecule has 0 aliphatic heterocycles. The van der Waals surface area contributed by atoms with Crippen LogP contribution in [-0.4, -0.2) is 57.6 Å². The molecular weight excluding hydrogens is 466 g/mol. The molecule has 2 rings (SSSR count). The molecule has 0 aromatic heterocycles. The highest BCUT2D eigenvalue weighted by Crippen LogP contribution is 2.21. The van der Waals surface area contributed by atoms with Crippen molar-refractivity contribution in [1.29, 1.82) is 0 Å². The molecule has 1 unspecified atom stereocenters. The van der Waals surface area contributed by atoms with Crippen LogP contribution in [0.1, 0.15) is 44.7 Å². The lowest BCUT2D eigenvalue weighted by atomic mass is 10.1. The molecule has 2 aromatic rings. The summed E-state index contributed by atoms with van der Waals surface area (Å²) in [5, 5.41) is 2.87. The van der Waals surface area contributed by atoms with Gasteiger partial charge < -0.3 is 15.0 Å². The van der Waals surface area contributed by atoms with E-state index >= 15 is 0 Å². The highest BCUT2D eigenvalue weighted by molar-refractivity contribution is 7.92. The van der Waals surface area contributed by atoms with E-state index in [0.29, 0.717) is 24.4 Å². The van der Waals surface area contributed by atoms with Gasteiger partial charge in [-0.25, -0.2) is 8.42 Å². The molecule has 8 nitrogen and oxygen atoms in total. The summed E-state index contributed by atoms with van der Waals surface area (Å²) in [4.78, 5) is 28.0. The van der Waals surface area contributed by atoms with Gasteiger partial charge in [0.1, 0.15) is 18.3 Å². The lowest BCUT2D eigenvalue weighted by Crippen LogP contribution is -2.52. The van der Waals surface area contributed by atoms with Crippen molar-refractivity contribution in [1.82, 2.24) is 10.2 Å². The second-order valence-corrected chi connectivity index (χ2v) is 10.3. The first-order valence-corrected chi connectivity index (χ1v) is 13.8. The van der Waals surface area contributed by atoms with E-state index in [2.05, 4.69) is 5.32 Å². The molecule has 35 heavy (non-hydrogen) atoms. The summed E-state index contributed by atoms with van der Waals surface area (Å²) in [5.74, 6) is -0.0307. The van der Waals surface area contributed by atoms with E-state index < -0.39 is 28.5 Å². The fraction of sp³-hybridized carbons (Fsp3) is 0.462. The first-order chi connectivity index (χ1) is 16.6. The fourth-order valence-corrected chi connectivity index (χ4v) is 4.57. The Morgan fingerprint density at radius 3 is 2.06 bits per heavy atom. The third-order valence-electron chi connectivity index (χ3n) is 5.76. The number of rotatable bonds is 13. The Kier molecular flexibility index (Phi) is 10.6. The van der Waals surface area contributed by atoms with Gasteiger partial charge in [0, 0.05) is 13.1 Å². The van der Waals surface area contributed by atoms with Crippen molar-refractivity contribution in [2.75, 3.05) is 30.8 Å². The normalized spacial score (nSPS) is 12.0. The summed E-state index contributed by atoms with van der Waals surface area (Å²) >= 11 is 0. The number of amides is 2.